The Labute approximate surface area is 155 Å². The van der Waals surface area contributed by atoms with E-state index in [4.69, 9.17) is 4.43 Å². The van der Waals surface area contributed by atoms with Gasteiger partial charge in [0.2, 0.25) is 5.76 Å². The van der Waals surface area contributed by atoms with Crippen LogP contribution in [-0.4, -0.2) is 19.0 Å². The van der Waals surface area contributed by atoms with E-state index in [0.29, 0.717) is 16.6 Å². The van der Waals surface area contributed by atoms with Crippen molar-refractivity contribution in [2.24, 2.45) is 23.2 Å². The van der Waals surface area contributed by atoms with Crippen molar-refractivity contribution in [3.8, 4) is 0 Å². The Morgan fingerprint density at radius 1 is 0.920 bits per heavy atom. The van der Waals surface area contributed by atoms with Crippen molar-refractivity contribution < 1.29 is 9.22 Å². The first-order valence-corrected chi connectivity index (χ1v) is 12.5. The highest BCUT2D eigenvalue weighted by Gasteiger charge is 2.57. The topological polar surface area (TPSA) is 45.6 Å². The highest BCUT2D eigenvalue weighted by atomic mass is 28.4. The molecule has 4 heteroatoms. The molecule has 0 amide bonds. The number of nitrogens with zero attached hydrogens (tertiary/aromatic N) is 2. The summed E-state index contributed by atoms with van der Waals surface area (Å²) in [7, 11) is -2.05. The third-order valence-corrected chi connectivity index (χ3v) is 13.6. The molecule has 0 spiro atoms. The standard InChI is InChI=1S/C21H36N2OSi/c1-14(2)25(15(3)4,16(5)6)24-20(13-23-22)21-10-17-7-18(11-21)9-19(8-17)12-21/h14-19H,7-12H2,1-6H3. The molecule has 0 atom stereocenters. The van der Waals surface area contributed by atoms with Crippen molar-refractivity contribution in [1.82, 2.24) is 0 Å². The van der Waals surface area contributed by atoms with Gasteiger partial charge in [-0.05, 0) is 72.9 Å². The minimum atomic E-state index is -2.05. The van der Waals surface area contributed by atoms with Crippen LogP contribution < -0.4 is 0 Å². The van der Waals surface area contributed by atoms with Crippen molar-refractivity contribution >= 4 is 14.2 Å². The van der Waals surface area contributed by atoms with Crippen LogP contribution in [0.25, 0.3) is 5.53 Å². The summed E-state index contributed by atoms with van der Waals surface area (Å²) >= 11 is 0. The van der Waals surface area contributed by atoms with E-state index in [-0.39, 0.29) is 5.41 Å². The minimum Gasteiger partial charge on any atom is -0.535 e. The Bertz CT molecular complexity index is 540. The number of hydrogen-bond donors (Lipinski definition) is 0. The molecular weight excluding hydrogens is 324 g/mol. The fourth-order valence-corrected chi connectivity index (χ4v) is 12.5. The van der Waals surface area contributed by atoms with Crippen LogP contribution in [-0.2, 0) is 4.43 Å². The fourth-order valence-electron chi connectivity index (χ4n) is 7.21. The van der Waals surface area contributed by atoms with Crippen LogP contribution in [0, 0.1) is 23.2 Å². The third kappa shape index (κ3) is 3.07. The molecule has 4 aliphatic carbocycles. The summed E-state index contributed by atoms with van der Waals surface area (Å²) in [5, 5.41) is 0. The largest absolute Gasteiger partial charge is 0.535 e. The molecule has 4 aliphatic rings. The Morgan fingerprint density at radius 3 is 1.64 bits per heavy atom. The van der Waals surface area contributed by atoms with Crippen molar-refractivity contribution in [1.29, 1.82) is 0 Å². The molecule has 0 N–H and O–H groups in total. The molecule has 4 saturated carbocycles. The summed E-state index contributed by atoms with van der Waals surface area (Å²) in [6.07, 6.45) is 7.87. The summed E-state index contributed by atoms with van der Waals surface area (Å²) in [5.41, 5.74) is 11.0. The molecule has 4 rings (SSSR count). The molecular formula is C21H36N2OSi. The van der Waals surface area contributed by atoms with E-state index >= 15 is 0 Å². The Kier molecular flexibility index (Phi) is 5.10. The molecule has 0 heterocycles. The Balaban J connectivity index is 2.00. The first-order chi connectivity index (χ1) is 11.7. The van der Waals surface area contributed by atoms with Crippen molar-refractivity contribution in [2.75, 3.05) is 0 Å². The van der Waals surface area contributed by atoms with Crippen molar-refractivity contribution in [3.05, 3.63) is 11.3 Å². The van der Waals surface area contributed by atoms with E-state index in [0.717, 1.165) is 23.5 Å². The predicted molar refractivity (Wildman–Crippen MR) is 105 cm³/mol. The molecule has 3 nitrogen and oxygen atoms in total. The van der Waals surface area contributed by atoms with Gasteiger partial charge >= 0.3 is 5.87 Å². The molecule has 0 radical (unpaired) electrons. The van der Waals surface area contributed by atoms with Gasteiger partial charge in [-0.3, -0.25) is 0 Å². The van der Waals surface area contributed by atoms with Gasteiger partial charge in [-0.1, -0.05) is 41.5 Å². The highest BCUT2D eigenvalue weighted by Crippen LogP contribution is 2.63. The fraction of sp³-hybridized carbons (Fsp3) is 0.905. The second-order valence-corrected chi connectivity index (χ2v) is 15.5. The second-order valence-electron chi connectivity index (χ2n) is 10.2. The van der Waals surface area contributed by atoms with Crippen LogP contribution >= 0.6 is 0 Å². The zero-order chi connectivity index (χ0) is 18.4. The quantitative estimate of drug-likeness (QED) is 0.183. The van der Waals surface area contributed by atoms with Crippen LogP contribution in [0.1, 0.15) is 80.1 Å². The second kappa shape index (κ2) is 6.72. The zero-order valence-corrected chi connectivity index (χ0v) is 18.0. The van der Waals surface area contributed by atoms with E-state index in [1.165, 1.54) is 38.5 Å². The van der Waals surface area contributed by atoms with Gasteiger partial charge in [-0.25, -0.2) is 0 Å². The molecule has 0 unspecified atom stereocenters. The Morgan fingerprint density at radius 2 is 1.32 bits per heavy atom. The number of rotatable bonds is 6. The Hall–Kier alpha value is -0.823. The molecule has 140 valence electrons. The third-order valence-electron chi connectivity index (χ3n) is 7.66. The average Bonchev–Trinajstić information content (AvgIpc) is 2.48. The SMILES string of the molecule is CC(C)[Si](OC(=C=[N+]=[N-])C12CC3CC(CC(C3)C1)C2)(C(C)C)C(C)C. The molecule has 0 aromatic heterocycles. The maximum atomic E-state index is 9.38. The molecule has 0 saturated heterocycles. The smallest absolute Gasteiger partial charge is 0.340 e. The molecule has 4 fully saturated rings. The molecule has 0 aromatic carbocycles. The number of hydrogen-bond acceptors (Lipinski definition) is 1. The summed E-state index contributed by atoms with van der Waals surface area (Å²) in [6.45, 7) is 13.9. The van der Waals surface area contributed by atoms with Gasteiger partial charge in [0, 0.05) is 5.41 Å². The van der Waals surface area contributed by atoms with E-state index in [9.17, 15) is 5.53 Å². The lowest BCUT2D eigenvalue weighted by Crippen LogP contribution is -2.52. The molecule has 25 heavy (non-hydrogen) atoms. The van der Waals surface area contributed by atoms with Gasteiger partial charge in [-0.2, -0.15) is 0 Å². The van der Waals surface area contributed by atoms with Crippen LogP contribution in [0.3, 0.4) is 0 Å². The van der Waals surface area contributed by atoms with Crippen LogP contribution in [0.5, 0.6) is 0 Å². The van der Waals surface area contributed by atoms with E-state index in [1.807, 2.05) is 0 Å². The van der Waals surface area contributed by atoms with Gasteiger partial charge in [-0.15, -0.1) is 4.79 Å². The van der Waals surface area contributed by atoms with Crippen LogP contribution in [0.15, 0.2) is 5.76 Å². The molecule has 0 aliphatic heterocycles. The summed E-state index contributed by atoms with van der Waals surface area (Å²) < 4.78 is 7.04. The van der Waals surface area contributed by atoms with Crippen molar-refractivity contribution in [3.63, 3.8) is 0 Å². The molecule has 0 aromatic rings. The van der Waals surface area contributed by atoms with E-state index in [1.54, 1.807) is 0 Å². The normalized spacial score (nSPS) is 33.7. The monoisotopic (exact) mass is 360 g/mol. The summed E-state index contributed by atoms with van der Waals surface area (Å²) in [6, 6.07) is 0. The average molecular weight is 361 g/mol. The van der Waals surface area contributed by atoms with Gasteiger partial charge in [0.1, 0.15) is 0 Å². The van der Waals surface area contributed by atoms with Gasteiger partial charge in [0.05, 0.1) is 0 Å². The maximum absolute atomic E-state index is 9.38. The van der Waals surface area contributed by atoms with E-state index in [2.05, 4.69) is 52.2 Å². The highest BCUT2D eigenvalue weighted by molar-refractivity contribution is 6.78. The zero-order valence-electron chi connectivity index (χ0n) is 17.0. The van der Waals surface area contributed by atoms with Gasteiger partial charge in [0.25, 0.3) is 8.32 Å². The lowest BCUT2D eigenvalue weighted by molar-refractivity contribution is -0.0524. The minimum absolute atomic E-state index is 0.0951. The lowest BCUT2D eigenvalue weighted by Gasteiger charge is -2.57. The van der Waals surface area contributed by atoms with Crippen molar-refractivity contribution in [2.45, 2.75) is 96.7 Å². The first kappa shape index (κ1) is 19.0. The first-order valence-electron chi connectivity index (χ1n) is 10.4. The molecule has 4 bridgehead atoms. The van der Waals surface area contributed by atoms with E-state index < -0.39 is 8.32 Å². The summed E-state index contributed by atoms with van der Waals surface area (Å²) in [4.78, 5) is 3.37. The lowest BCUT2D eigenvalue weighted by atomic mass is 9.49. The van der Waals surface area contributed by atoms with Crippen LogP contribution in [0.2, 0.25) is 16.6 Å². The number of allylic oxidation sites excluding steroid dienone is 1. The predicted octanol–water partition coefficient (Wildman–Crippen LogP) is 6.18. The maximum Gasteiger partial charge on any atom is 0.340 e. The van der Waals surface area contributed by atoms with Gasteiger partial charge < -0.3 is 9.96 Å². The summed E-state index contributed by atoms with van der Waals surface area (Å²) in [5.74, 6) is 6.42. The van der Waals surface area contributed by atoms with Crippen LogP contribution in [0.4, 0.5) is 0 Å². The van der Waals surface area contributed by atoms with Gasteiger partial charge in [0.15, 0.2) is 0 Å².